The molecule has 1 atom stereocenters. The minimum Gasteiger partial charge on any atom is -0.489 e. The van der Waals surface area contributed by atoms with Crippen molar-refractivity contribution in [1.82, 2.24) is 9.97 Å². The highest BCUT2D eigenvalue weighted by molar-refractivity contribution is 8.00. The average Bonchev–Trinajstić information content (AvgIpc) is 2.69. The fraction of sp³-hybridized carbons (Fsp3) is 0.150. The monoisotopic (exact) mass is 365 g/mol. The molecular formula is C20H19N3O2S. The van der Waals surface area contributed by atoms with E-state index in [9.17, 15) is 4.79 Å². The van der Waals surface area contributed by atoms with Crippen molar-refractivity contribution in [3.63, 3.8) is 0 Å². The molecule has 0 aliphatic rings. The Kier molecular flexibility index (Phi) is 6.22. The Bertz CT molecular complexity index is 827. The van der Waals surface area contributed by atoms with Gasteiger partial charge < -0.3 is 10.1 Å². The summed E-state index contributed by atoms with van der Waals surface area (Å²) in [6, 6.07) is 19.1. The van der Waals surface area contributed by atoms with Crippen LogP contribution in [0.2, 0.25) is 0 Å². The van der Waals surface area contributed by atoms with Crippen LogP contribution in [0.4, 0.5) is 5.69 Å². The lowest BCUT2D eigenvalue weighted by Gasteiger charge is -2.12. The third-order valence-corrected chi connectivity index (χ3v) is 4.55. The summed E-state index contributed by atoms with van der Waals surface area (Å²) in [5, 5.41) is 3.18. The minimum atomic E-state index is -0.300. The van der Waals surface area contributed by atoms with Gasteiger partial charge in [-0.2, -0.15) is 0 Å². The van der Waals surface area contributed by atoms with E-state index in [4.69, 9.17) is 4.74 Å². The van der Waals surface area contributed by atoms with Crippen molar-refractivity contribution in [1.29, 1.82) is 0 Å². The number of hydrogen-bond donors (Lipinski definition) is 1. The highest BCUT2D eigenvalue weighted by Crippen LogP contribution is 2.21. The summed E-state index contributed by atoms with van der Waals surface area (Å²) in [5.74, 6) is 0.660. The summed E-state index contributed by atoms with van der Waals surface area (Å²) in [7, 11) is 0. The molecule has 3 rings (SSSR count). The standard InChI is InChI=1S/C20H19N3O2S/c1-15(26-20-21-12-5-13-22-20)19(24)23-17-8-10-18(11-9-17)25-14-16-6-3-2-4-7-16/h2-13,15H,14H2,1H3,(H,23,24)/t15-/m1/s1. The van der Waals surface area contributed by atoms with Gasteiger partial charge in [-0.15, -0.1) is 0 Å². The van der Waals surface area contributed by atoms with Gasteiger partial charge in [-0.25, -0.2) is 9.97 Å². The predicted molar refractivity (Wildman–Crippen MR) is 103 cm³/mol. The minimum absolute atomic E-state index is 0.0968. The van der Waals surface area contributed by atoms with Crippen LogP contribution in [0.15, 0.2) is 78.2 Å². The van der Waals surface area contributed by atoms with Crippen molar-refractivity contribution >= 4 is 23.4 Å². The van der Waals surface area contributed by atoms with Gasteiger partial charge in [0, 0.05) is 18.1 Å². The number of aromatic nitrogens is 2. The number of nitrogens with zero attached hydrogens (tertiary/aromatic N) is 2. The fourth-order valence-corrected chi connectivity index (χ4v) is 2.90. The number of benzene rings is 2. The summed E-state index contributed by atoms with van der Waals surface area (Å²) >= 11 is 1.32. The Labute approximate surface area is 156 Å². The van der Waals surface area contributed by atoms with Gasteiger partial charge in [0.2, 0.25) is 5.91 Å². The van der Waals surface area contributed by atoms with Crippen molar-refractivity contribution in [2.24, 2.45) is 0 Å². The predicted octanol–water partition coefficient (Wildman–Crippen LogP) is 4.17. The molecule has 1 aromatic heterocycles. The number of carbonyl (C=O) groups excluding carboxylic acids is 1. The SMILES string of the molecule is C[C@@H](Sc1ncccn1)C(=O)Nc1ccc(OCc2ccccc2)cc1. The molecule has 3 aromatic rings. The van der Waals surface area contributed by atoms with Crippen LogP contribution in [-0.2, 0) is 11.4 Å². The molecule has 6 heteroatoms. The summed E-state index contributed by atoms with van der Waals surface area (Å²) in [6.07, 6.45) is 3.32. The lowest BCUT2D eigenvalue weighted by molar-refractivity contribution is -0.115. The van der Waals surface area contributed by atoms with E-state index >= 15 is 0 Å². The zero-order chi connectivity index (χ0) is 18.2. The van der Waals surface area contributed by atoms with Gasteiger partial charge >= 0.3 is 0 Å². The van der Waals surface area contributed by atoms with Crippen LogP contribution in [0, 0.1) is 0 Å². The van der Waals surface area contributed by atoms with Gasteiger partial charge in [-0.05, 0) is 42.8 Å². The van der Waals surface area contributed by atoms with E-state index < -0.39 is 0 Å². The number of anilines is 1. The third-order valence-electron chi connectivity index (χ3n) is 3.56. The second-order valence-corrected chi connectivity index (χ2v) is 6.89. The van der Waals surface area contributed by atoms with Gasteiger partial charge in [0.15, 0.2) is 5.16 Å². The maximum Gasteiger partial charge on any atom is 0.237 e. The smallest absolute Gasteiger partial charge is 0.237 e. The summed E-state index contributed by atoms with van der Waals surface area (Å²) < 4.78 is 5.75. The Balaban J connectivity index is 1.51. The summed E-state index contributed by atoms with van der Waals surface area (Å²) in [5.41, 5.74) is 1.84. The van der Waals surface area contributed by atoms with E-state index in [0.29, 0.717) is 11.8 Å². The molecular weight excluding hydrogens is 346 g/mol. The first kappa shape index (κ1) is 17.9. The number of carbonyl (C=O) groups is 1. The van der Waals surface area contributed by atoms with Crippen molar-refractivity contribution in [3.05, 3.63) is 78.6 Å². The molecule has 0 aliphatic heterocycles. The van der Waals surface area contributed by atoms with Crippen LogP contribution in [-0.4, -0.2) is 21.1 Å². The average molecular weight is 365 g/mol. The molecule has 0 bridgehead atoms. The molecule has 0 fully saturated rings. The molecule has 2 aromatic carbocycles. The van der Waals surface area contributed by atoms with Gasteiger partial charge in [0.25, 0.3) is 0 Å². The number of hydrogen-bond acceptors (Lipinski definition) is 5. The Morgan fingerprint density at radius 2 is 1.73 bits per heavy atom. The van der Waals surface area contributed by atoms with Crippen LogP contribution in [0.5, 0.6) is 5.75 Å². The first-order valence-electron chi connectivity index (χ1n) is 8.22. The first-order valence-corrected chi connectivity index (χ1v) is 9.10. The van der Waals surface area contributed by atoms with Gasteiger partial charge in [-0.1, -0.05) is 42.1 Å². The molecule has 1 amide bonds. The van der Waals surface area contributed by atoms with Crippen LogP contribution in [0.25, 0.3) is 0 Å². The molecule has 0 aliphatic carbocycles. The molecule has 26 heavy (non-hydrogen) atoms. The molecule has 5 nitrogen and oxygen atoms in total. The molecule has 132 valence electrons. The quantitative estimate of drug-likeness (QED) is 0.503. The number of amides is 1. The van der Waals surface area contributed by atoms with Crippen LogP contribution < -0.4 is 10.1 Å². The van der Waals surface area contributed by atoms with Gasteiger partial charge in [-0.3, -0.25) is 4.79 Å². The molecule has 1 heterocycles. The second kappa shape index (κ2) is 9.01. The zero-order valence-electron chi connectivity index (χ0n) is 14.3. The van der Waals surface area contributed by atoms with Crippen LogP contribution in [0.3, 0.4) is 0 Å². The number of nitrogens with one attached hydrogen (secondary N) is 1. The number of ether oxygens (including phenoxy) is 1. The lowest BCUT2D eigenvalue weighted by atomic mass is 10.2. The van der Waals surface area contributed by atoms with Crippen molar-refractivity contribution in [3.8, 4) is 5.75 Å². The topological polar surface area (TPSA) is 64.1 Å². The second-order valence-electron chi connectivity index (χ2n) is 5.58. The van der Waals surface area contributed by atoms with E-state index in [0.717, 1.165) is 17.0 Å². The number of rotatable bonds is 7. The van der Waals surface area contributed by atoms with E-state index in [1.54, 1.807) is 18.5 Å². The maximum absolute atomic E-state index is 12.3. The highest BCUT2D eigenvalue weighted by atomic mass is 32.2. The Morgan fingerprint density at radius 3 is 2.42 bits per heavy atom. The van der Waals surface area contributed by atoms with E-state index in [1.807, 2.05) is 61.5 Å². The lowest BCUT2D eigenvalue weighted by Crippen LogP contribution is -2.22. The third kappa shape index (κ3) is 5.32. The molecule has 0 saturated heterocycles. The Morgan fingerprint density at radius 1 is 1.04 bits per heavy atom. The first-order chi connectivity index (χ1) is 12.7. The number of thioether (sulfide) groups is 1. The normalized spacial score (nSPS) is 11.6. The van der Waals surface area contributed by atoms with Crippen molar-refractivity contribution in [2.45, 2.75) is 23.9 Å². The Hall–Kier alpha value is -2.86. The van der Waals surface area contributed by atoms with E-state index in [1.165, 1.54) is 11.8 Å². The fourth-order valence-electron chi connectivity index (χ4n) is 2.18. The van der Waals surface area contributed by atoms with E-state index in [-0.39, 0.29) is 11.2 Å². The zero-order valence-corrected chi connectivity index (χ0v) is 15.1. The molecule has 0 saturated carbocycles. The molecule has 0 radical (unpaired) electrons. The molecule has 0 unspecified atom stereocenters. The van der Waals surface area contributed by atoms with Crippen LogP contribution in [0.1, 0.15) is 12.5 Å². The molecule has 0 spiro atoms. The summed E-state index contributed by atoms with van der Waals surface area (Å²) in [4.78, 5) is 20.5. The summed E-state index contributed by atoms with van der Waals surface area (Å²) in [6.45, 7) is 2.34. The molecule has 1 N–H and O–H groups in total. The van der Waals surface area contributed by atoms with E-state index in [2.05, 4.69) is 15.3 Å². The van der Waals surface area contributed by atoms with Crippen molar-refractivity contribution in [2.75, 3.05) is 5.32 Å². The van der Waals surface area contributed by atoms with Gasteiger partial charge in [0.1, 0.15) is 12.4 Å². The van der Waals surface area contributed by atoms with Gasteiger partial charge in [0.05, 0.1) is 5.25 Å². The highest BCUT2D eigenvalue weighted by Gasteiger charge is 2.15. The van der Waals surface area contributed by atoms with Crippen LogP contribution >= 0.6 is 11.8 Å². The van der Waals surface area contributed by atoms with Crippen molar-refractivity contribution < 1.29 is 9.53 Å². The largest absolute Gasteiger partial charge is 0.489 e. The maximum atomic E-state index is 12.3.